The number of thioether (sulfide) groups is 1. The van der Waals surface area contributed by atoms with E-state index < -0.39 is 0 Å². The molecule has 1 amide bonds. The fourth-order valence-electron chi connectivity index (χ4n) is 2.17. The van der Waals surface area contributed by atoms with Gasteiger partial charge in [-0.3, -0.25) is 4.79 Å². The average Bonchev–Trinajstić information content (AvgIpc) is 2.59. The summed E-state index contributed by atoms with van der Waals surface area (Å²) in [5.74, 6) is 0.727. The van der Waals surface area contributed by atoms with E-state index in [4.69, 9.17) is 5.26 Å². The minimum absolute atomic E-state index is 0.118. The van der Waals surface area contributed by atoms with E-state index in [1.165, 1.54) is 17.3 Å². The third-order valence-corrected chi connectivity index (χ3v) is 4.42. The summed E-state index contributed by atoms with van der Waals surface area (Å²) in [4.78, 5) is 13.0. The molecule has 2 aromatic carbocycles. The number of amides is 1. The lowest BCUT2D eigenvalue weighted by molar-refractivity contribution is -0.114. The number of nitrogens with zero attached hydrogens (tertiary/aromatic N) is 1. The van der Waals surface area contributed by atoms with Crippen molar-refractivity contribution < 1.29 is 4.79 Å². The van der Waals surface area contributed by atoms with Crippen molar-refractivity contribution in [3.05, 3.63) is 54.1 Å². The second kappa shape index (κ2) is 8.99. The van der Waals surface area contributed by atoms with Gasteiger partial charge in [-0.2, -0.15) is 5.26 Å². The molecule has 124 valence electrons. The lowest BCUT2D eigenvalue weighted by Gasteiger charge is -2.11. The van der Waals surface area contributed by atoms with Gasteiger partial charge in [-0.1, -0.05) is 38.1 Å². The molecule has 0 aliphatic heterocycles. The number of hydrogen-bond acceptors (Lipinski definition) is 4. The molecule has 0 aromatic heterocycles. The summed E-state index contributed by atoms with van der Waals surface area (Å²) >= 11 is 1.41. The summed E-state index contributed by atoms with van der Waals surface area (Å²) in [5.41, 5.74) is 2.93. The Morgan fingerprint density at radius 3 is 2.54 bits per heavy atom. The molecule has 0 saturated heterocycles. The Labute approximate surface area is 147 Å². The van der Waals surface area contributed by atoms with Gasteiger partial charge < -0.3 is 10.6 Å². The molecule has 0 spiro atoms. The summed E-state index contributed by atoms with van der Waals surface area (Å²) in [7, 11) is 0. The van der Waals surface area contributed by atoms with Gasteiger partial charge in [0.25, 0.3) is 0 Å². The van der Waals surface area contributed by atoms with Crippen LogP contribution in [0.2, 0.25) is 0 Å². The number of carbonyl (C=O) groups excluding carboxylic acids is 1. The zero-order valence-corrected chi connectivity index (χ0v) is 14.7. The average molecular weight is 339 g/mol. The minimum atomic E-state index is -0.118. The van der Waals surface area contributed by atoms with Crippen LogP contribution in [0.25, 0.3) is 0 Å². The molecular weight excluding hydrogens is 318 g/mol. The number of rotatable bonds is 7. The zero-order valence-electron chi connectivity index (χ0n) is 13.9. The van der Waals surface area contributed by atoms with E-state index in [-0.39, 0.29) is 12.5 Å². The predicted molar refractivity (Wildman–Crippen MR) is 100 cm³/mol. The molecule has 0 atom stereocenters. The molecule has 2 rings (SSSR count). The number of hydrogen-bond donors (Lipinski definition) is 2. The third kappa shape index (κ3) is 5.32. The van der Waals surface area contributed by atoms with Gasteiger partial charge in [-0.15, -0.1) is 11.8 Å². The highest BCUT2D eigenvalue weighted by Gasteiger charge is 2.07. The van der Waals surface area contributed by atoms with Crippen molar-refractivity contribution >= 4 is 29.0 Å². The number of benzene rings is 2. The summed E-state index contributed by atoms with van der Waals surface area (Å²) < 4.78 is 0. The van der Waals surface area contributed by atoms with Gasteiger partial charge in [0.15, 0.2) is 0 Å². The molecule has 0 aliphatic rings. The second-order valence-corrected chi connectivity index (χ2v) is 6.64. The van der Waals surface area contributed by atoms with Crippen LogP contribution in [-0.4, -0.2) is 18.2 Å². The Kier molecular flexibility index (Phi) is 6.71. The van der Waals surface area contributed by atoms with Crippen molar-refractivity contribution in [3.63, 3.8) is 0 Å². The molecular formula is C19H21N3OS. The quantitative estimate of drug-likeness (QED) is 0.730. The number of carbonyl (C=O) groups is 1. The van der Waals surface area contributed by atoms with Crippen LogP contribution in [0, 0.1) is 11.3 Å². The van der Waals surface area contributed by atoms with Gasteiger partial charge in [0, 0.05) is 10.6 Å². The number of para-hydroxylation sites is 1. The Morgan fingerprint density at radius 2 is 1.88 bits per heavy atom. The van der Waals surface area contributed by atoms with Crippen molar-refractivity contribution in [2.75, 3.05) is 22.9 Å². The lowest BCUT2D eigenvalue weighted by atomic mass is 10.0. The van der Waals surface area contributed by atoms with Crippen LogP contribution in [0.5, 0.6) is 0 Å². The molecule has 0 fully saturated rings. The Hall–Kier alpha value is -2.45. The summed E-state index contributed by atoms with van der Waals surface area (Å²) in [6, 6.07) is 17.7. The zero-order chi connectivity index (χ0) is 17.4. The highest BCUT2D eigenvalue weighted by atomic mass is 32.2. The third-order valence-electron chi connectivity index (χ3n) is 3.48. The van der Waals surface area contributed by atoms with E-state index in [1.807, 2.05) is 36.4 Å². The topological polar surface area (TPSA) is 64.9 Å². The van der Waals surface area contributed by atoms with Gasteiger partial charge >= 0.3 is 0 Å². The van der Waals surface area contributed by atoms with Crippen LogP contribution in [0.1, 0.15) is 25.3 Å². The molecule has 0 bridgehead atoms. The van der Waals surface area contributed by atoms with E-state index in [0.29, 0.717) is 11.7 Å². The van der Waals surface area contributed by atoms with Crippen molar-refractivity contribution in [2.24, 2.45) is 0 Å². The number of anilines is 2. The highest BCUT2D eigenvalue weighted by molar-refractivity contribution is 7.99. The maximum Gasteiger partial charge on any atom is 0.243 e. The fraction of sp³-hybridized carbons (Fsp3) is 0.263. The summed E-state index contributed by atoms with van der Waals surface area (Å²) in [5, 5.41) is 14.7. The number of nitrogens with one attached hydrogen (secondary N) is 2. The molecule has 2 N–H and O–H groups in total. The summed E-state index contributed by atoms with van der Waals surface area (Å²) in [6.07, 6.45) is 0. The predicted octanol–water partition coefficient (Wildman–Crippen LogP) is 4.48. The highest BCUT2D eigenvalue weighted by Crippen LogP contribution is 2.26. The molecule has 0 saturated carbocycles. The fourth-order valence-corrected chi connectivity index (χ4v) is 2.84. The van der Waals surface area contributed by atoms with E-state index in [9.17, 15) is 4.79 Å². The maximum atomic E-state index is 12.1. The smallest absolute Gasteiger partial charge is 0.243 e. The number of nitriles is 1. The van der Waals surface area contributed by atoms with Gasteiger partial charge in [-0.05, 0) is 35.7 Å². The van der Waals surface area contributed by atoms with Crippen molar-refractivity contribution in [1.29, 1.82) is 5.26 Å². The first-order valence-electron chi connectivity index (χ1n) is 7.82. The van der Waals surface area contributed by atoms with E-state index in [0.717, 1.165) is 16.3 Å². The van der Waals surface area contributed by atoms with E-state index in [1.54, 1.807) is 0 Å². The van der Waals surface area contributed by atoms with E-state index in [2.05, 4.69) is 42.7 Å². The van der Waals surface area contributed by atoms with Crippen LogP contribution in [0.3, 0.4) is 0 Å². The van der Waals surface area contributed by atoms with Gasteiger partial charge in [0.1, 0.15) is 0 Å². The first-order chi connectivity index (χ1) is 11.6. The standard InChI is InChI=1S/C19H21N3OS/c1-14(2)15-7-9-16(10-8-15)21-13-19(23)22-17-5-3-4-6-18(17)24-12-11-20/h3-10,14,21H,12-13H2,1-2H3,(H,22,23). The van der Waals surface area contributed by atoms with Crippen LogP contribution in [0.15, 0.2) is 53.4 Å². The van der Waals surface area contributed by atoms with E-state index >= 15 is 0 Å². The minimum Gasteiger partial charge on any atom is -0.376 e. The van der Waals surface area contributed by atoms with Gasteiger partial charge in [0.2, 0.25) is 5.91 Å². The first-order valence-corrected chi connectivity index (χ1v) is 8.81. The molecule has 0 unspecified atom stereocenters. The van der Waals surface area contributed by atoms with Crippen molar-refractivity contribution in [2.45, 2.75) is 24.7 Å². The Bertz CT molecular complexity index is 720. The molecule has 2 aromatic rings. The van der Waals surface area contributed by atoms with Gasteiger partial charge in [0.05, 0.1) is 24.1 Å². The monoisotopic (exact) mass is 339 g/mol. The van der Waals surface area contributed by atoms with Crippen LogP contribution >= 0.6 is 11.8 Å². The first kappa shape index (κ1) is 17.9. The SMILES string of the molecule is CC(C)c1ccc(NCC(=O)Nc2ccccc2SCC#N)cc1. The Morgan fingerprint density at radius 1 is 1.17 bits per heavy atom. The maximum absolute atomic E-state index is 12.1. The molecule has 5 heteroatoms. The van der Waals surface area contributed by atoms with Crippen LogP contribution in [0.4, 0.5) is 11.4 Å². The Balaban J connectivity index is 1.91. The lowest BCUT2D eigenvalue weighted by Crippen LogP contribution is -2.22. The summed E-state index contributed by atoms with van der Waals surface area (Å²) in [6.45, 7) is 4.49. The van der Waals surface area contributed by atoms with Crippen molar-refractivity contribution in [1.82, 2.24) is 0 Å². The largest absolute Gasteiger partial charge is 0.376 e. The molecule has 0 radical (unpaired) electrons. The molecule has 4 nitrogen and oxygen atoms in total. The molecule has 24 heavy (non-hydrogen) atoms. The van der Waals surface area contributed by atoms with Gasteiger partial charge in [-0.25, -0.2) is 0 Å². The van der Waals surface area contributed by atoms with Crippen LogP contribution < -0.4 is 10.6 Å². The normalized spacial score (nSPS) is 10.2. The molecule has 0 aliphatic carbocycles. The second-order valence-electron chi connectivity index (χ2n) is 5.62. The van der Waals surface area contributed by atoms with Crippen LogP contribution in [-0.2, 0) is 4.79 Å². The molecule has 0 heterocycles. The van der Waals surface area contributed by atoms with Crippen molar-refractivity contribution in [3.8, 4) is 6.07 Å².